The molecule has 2 N–H and O–H groups in total. The van der Waals surface area contributed by atoms with Gasteiger partial charge in [-0.3, -0.25) is 14.8 Å². The molecule has 0 aliphatic heterocycles. The molecule has 0 aliphatic carbocycles. The van der Waals surface area contributed by atoms with E-state index in [0.29, 0.717) is 12.2 Å². The second kappa shape index (κ2) is 9.34. The maximum atomic E-state index is 12.4. The van der Waals surface area contributed by atoms with Crippen LogP contribution in [0.4, 0.5) is 11.4 Å². The molecule has 0 unspecified atom stereocenters. The van der Waals surface area contributed by atoms with Gasteiger partial charge in [0.1, 0.15) is 17.2 Å². The van der Waals surface area contributed by atoms with Crippen LogP contribution in [0.25, 0.3) is 0 Å². The smallest absolute Gasteiger partial charge is 0.270 e. The minimum atomic E-state index is -0.234. The number of benzene rings is 2. The number of aromatic nitrogens is 2. The molecule has 0 radical (unpaired) electrons. The Morgan fingerprint density at radius 1 is 0.800 bits per heavy atom. The number of hydrogen-bond acceptors (Lipinski definition) is 5. The number of rotatable bonds is 7. The van der Waals surface area contributed by atoms with E-state index in [1.54, 1.807) is 24.7 Å². The molecular formula is C24H20N4O2. The Bertz CT molecular complexity index is 1100. The van der Waals surface area contributed by atoms with Gasteiger partial charge >= 0.3 is 0 Å². The standard InChI is InChI=1S/C24H20N4O2/c29-24(27-17-18-10-13-25-14-11-18)23-16-20(12-15-26-23)28-19-6-8-22(9-7-19)30-21-4-2-1-3-5-21/h1-16H,17H2,(H,26,28)(H,27,29). The van der Waals surface area contributed by atoms with Gasteiger partial charge in [-0.15, -0.1) is 0 Å². The van der Waals surface area contributed by atoms with Crippen molar-refractivity contribution < 1.29 is 9.53 Å². The van der Waals surface area contributed by atoms with Gasteiger partial charge in [0.25, 0.3) is 5.91 Å². The third-order valence-electron chi connectivity index (χ3n) is 4.32. The summed E-state index contributed by atoms with van der Waals surface area (Å²) in [7, 11) is 0. The zero-order valence-electron chi connectivity index (χ0n) is 16.2. The van der Waals surface area contributed by atoms with Gasteiger partial charge in [-0.2, -0.15) is 0 Å². The minimum absolute atomic E-state index is 0.234. The van der Waals surface area contributed by atoms with Crippen LogP contribution in [0.15, 0.2) is 97.5 Å². The Morgan fingerprint density at radius 2 is 1.53 bits per heavy atom. The van der Waals surface area contributed by atoms with Crippen molar-refractivity contribution in [1.29, 1.82) is 0 Å². The molecule has 0 saturated carbocycles. The molecule has 0 fully saturated rings. The number of ether oxygens (including phenoxy) is 1. The SMILES string of the molecule is O=C(NCc1ccncc1)c1cc(Nc2ccc(Oc3ccccc3)cc2)ccn1. The molecule has 0 aliphatic rings. The number of hydrogen-bond donors (Lipinski definition) is 2. The van der Waals surface area contributed by atoms with Gasteiger partial charge < -0.3 is 15.4 Å². The van der Waals surface area contributed by atoms with Gasteiger partial charge in [0.05, 0.1) is 0 Å². The number of nitrogens with one attached hydrogen (secondary N) is 2. The third kappa shape index (κ3) is 5.20. The first-order chi connectivity index (χ1) is 14.8. The van der Waals surface area contributed by atoms with Crippen molar-refractivity contribution in [2.45, 2.75) is 6.54 Å². The molecule has 1 amide bonds. The summed E-state index contributed by atoms with van der Waals surface area (Å²) in [5.41, 5.74) is 2.98. The number of nitrogens with zero attached hydrogens (tertiary/aromatic N) is 2. The van der Waals surface area contributed by atoms with Gasteiger partial charge in [0, 0.05) is 36.5 Å². The summed E-state index contributed by atoms with van der Waals surface area (Å²) in [6.07, 6.45) is 5.00. The number of amides is 1. The molecule has 30 heavy (non-hydrogen) atoms. The van der Waals surface area contributed by atoms with Crippen LogP contribution in [-0.4, -0.2) is 15.9 Å². The summed E-state index contributed by atoms with van der Waals surface area (Å²) in [6.45, 7) is 0.420. The van der Waals surface area contributed by atoms with E-state index in [4.69, 9.17) is 4.74 Å². The van der Waals surface area contributed by atoms with E-state index in [1.165, 1.54) is 0 Å². The average Bonchev–Trinajstić information content (AvgIpc) is 2.80. The highest BCUT2D eigenvalue weighted by atomic mass is 16.5. The number of para-hydroxylation sites is 1. The highest BCUT2D eigenvalue weighted by Crippen LogP contribution is 2.24. The molecule has 0 saturated heterocycles. The molecule has 4 rings (SSSR count). The van der Waals surface area contributed by atoms with Crippen molar-refractivity contribution in [1.82, 2.24) is 15.3 Å². The van der Waals surface area contributed by atoms with Crippen LogP contribution in [0, 0.1) is 0 Å². The highest BCUT2D eigenvalue weighted by Gasteiger charge is 2.08. The first-order valence-electron chi connectivity index (χ1n) is 9.49. The van der Waals surface area contributed by atoms with E-state index in [-0.39, 0.29) is 5.91 Å². The van der Waals surface area contributed by atoms with Gasteiger partial charge in [-0.25, -0.2) is 0 Å². The summed E-state index contributed by atoms with van der Waals surface area (Å²) in [5.74, 6) is 1.30. The van der Waals surface area contributed by atoms with Crippen molar-refractivity contribution in [3.63, 3.8) is 0 Å². The Labute approximate surface area is 174 Å². The van der Waals surface area contributed by atoms with Gasteiger partial charge in [0.15, 0.2) is 0 Å². The van der Waals surface area contributed by atoms with Crippen molar-refractivity contribution in [2.24, 2.45) is 0 Å². The monoisotopic (exact) mass is 396 g/mol. The van der Waals surface area contributed by atoms with Crippen molar-refractivity contribution in [3.05, 3.63) is 109 Å². The van der Waals surface area contributed by atoms with E-state index in [1.807, 2.05) is 72.8 Å². The van der Waals surface area contributed by atoms with E-state index >= 15 is 0 Å². The van der Waals surface area contributed by atoms with Gasteiger partial charge in [0.2, 0.25) is 0 Å². The minimum Gasteiger partial charge on any atom is -0.457 e. The van der Waals surface area contributed by atoms with Crippen molar-refractivity contribution in [2.75, 3.05) is 5.32 Å². The normalized spacial score (nSPS) is 10.3. The lowest BCUT2D eigenvalue weighted by Crippen LogP contribution is -2.23. The van der Waals surface area contributed by atoms with Crippen LogP contribution in [0.2, 0.25) is 0 Å². The fraction of sp³-hybridized carbons (Fsp3) is 0.0417. The molecule has 148 valence electrons. The summed E-state index contributed by atoms with van der Waals surface area (Å²) in [5, 5.41) is 6.14. The average molecular weight is 396 g/mol. The van der Waals surface area contributed by atoms with E-state index in [0.717, 1.165) is 28.4 Å². The van der Waals surface area contributed by atoms with Crippen LogP contribution in [-0.2, 0) is 6.54 Å². The first-order valence-corrected chi connectivity index (χ1v) is 9.49. The Kier molecular flexibility index (Phi) is 5.96. The predicted octanol–water partition coefficient (Wildman–Crippen LogP) is 4.94. The van der Waals surface area contributed by atoms with Crippen LogP contribution in [0.3, 0.4) is 0 Å². The number of anilines is 2. The molecule has 6 heteroatoms. The Morgan fingerprint density at radius 3 is 2.30 bits per heavy atom. The Balaban J connectivity index is 1.37. The second-order valence-electron chi connectivity index (χ2n) is 6.53. The summed E-state index contributed by atoms with van der Waals surface area (Å²) in [4.78, 5) is 20.5. The molecular weight excluding hydrogens is 376 g/mol. The maximum absolute atomic E-state index is 12.4. The first kappa shape index (κ1) is 19.1. The molecule has 4 aromatic rings. The zero-order valence-corrected chi connectivity index (χ0v) is 16.2. The lowest BCUT2D eigenvalue weighted by molar-refractivity contribution is 0.0946. The van der Waals surface area contributed by atoms with Crippen LogP contribution in [0.1, 0.15) is 16.1 Å². The van der Waals surface area contributed by atoms with Crippen molar-refractivity contribution in [3.8, 4) is 11.5 Å². The molecule has 2 heterocycles. The molecule has 2 aromatic heterocycles. The van der Waals surface area contributed by atoms with Crippen LogP contribution < -0.4 is 15.4 Å². The van der Waals surface area contributed by atoms with Gasteiger partial charge in [-0.05, 0) is 66.2 Å². The highest BCUT2D eigenvalue weighted by molar-refractivity contribution is 5.93. The Hall–Kier alpha value is -4.19. The quantitative estimate of drug-likeness (QED) is 0.463. The van der Waals surface area contributed by atoms with Crippen LogP contribution in [0.5, 0.6) is 11.5 Å². The fourth-order valence-corrected chi connectivity index (χ4v) is 2.80. The predicted molar refractivity (Wildman–Crippen MR) is 116 cm³/mol. The van der Waals surface area contributed by atoms with E-state index < -0.39 is 0 Å². The third-order valence-corrected chi connectivity index (χ3v) is 4.32. The van der Waals surface area contributed by atoms with E-state index in [9.17, 15) is 4.79 Å². The molecule has 0 atom stereocenters. The summed E-state index contributed by atoms with van der Waals surface area (Å²) < 4.78 is 5.80. The number of pyridine rings is 2. The largest absolute Gasteiger partial charge is 0.457 e. The van der Waals surface area contributed by atoms with Gasteiger partial charge in [-0.1, -0.05) is 18.2 Å². The second-order valence-corrected chi connectivity index (χ2v) is 6.53. The molecule has 0 bridgehead atoms. The summed E-state index contributed by atoms with van der Waals surface area (Å²) >= 11 is 0. The number of carbonyl (C=O) groups is 1. The fourth-order valence-electron chi connectivity index (χ4n) is 2.80. The lowest BCUT2D eigenvalue weighted by Gasteiger charge is -2.10. The van der Waals surface area contributed by atoms with Crippen LogP contribution >= 0.6 is 0 Å². The topological polar surface area (TPSA) is 76.1 Å². The molecule has 0 spiro atoms. The summed E-state index contributed by atoms with van der Waals surface area (Å²) in [6, 6.07) is 24.5. The molecule has 2 aromatic carbocycles. The van der Waals surface area contributed by atoms with Crippen molar-refractivity contribution >= 4 is 17.3 Å². The van der Waals surface area contributed by atoms with E-state index in [2.05, 4.69) is 20.6 Å². The zero-order chi connectivity index (χ0) is 20.6. The maximum Gasteiger partial charge on any atom is 0.270 e. The number of carbonyl (C=O) groups excluding carboxylic acids is 1. The molecule has 6 nitrogen and oxygen atoms in total. The lowest BCUT2D eigenvalue weighted by atomic mass is 10.2.